The number of aromatic nitrogens is 2. The third-order valence-corrected chi connectivity index (χ3v) is 4.58. The van der Waals surface area contributed by atoms with Gasteiger partial charge in [-0.15, -0.1) is 0 Å². The highest BCUT2D eigenvalue weighted by Crippen LogP contribution is 2.32. The van der Waals surface area contributed by atoms with Gasteiger partial charge in [-0.05, 0) is 55.7 Å². The van der Waals surface area contributed by atoms with Gasteiger partial charge in [0.15, 0.2) is 0 Å². The van der Waals surface area contributed by atoms with Gasteiger partial charge in [0.25, 0.3) is 0 Å². The summed E-state index contributed by atoms with van der Waals surface area (Å²) in [4.78, 5) is 4.77. The number of pyridine rings is 1. The first-order valence-corrected chi connectivity index (χ1v) is 8.22. The van der Waals surface area contributed by atoms with Crippen LogP contribution in [0, 0.1) is 12.7 Å². The summed E-state index contributed by atoms with van der Waals surface area (Å²) in [5.74, 6) is 0.792. The number of fused-ring (bicyclic) bond motifs is 1. The Morgan fingerprint density at radius 1 is 1.09 bits per heavy atom. The number of nitrogens with zero attached hydrogens (tertiary/aromatic N) is 2. The van der Waals surface area contributed by atoms with E-state index in [1.807, 2.05) is 6.07 Å². The van der Waals surface area contributed by atoms with E-state index >= 15 is 0 Å². The number of nitrogens with one attached hydrogen (secondary N) is 1. The highest BCUT2D eigenvalue weighted by molar-refractivity contribution is 5.76. The Bertz CT molecular complexity index is 830. The molecule has 4 heteroatoms. The van der Waals surface area contributed by atoms with E-state index in [4.69, 9.17) is 4.98 Å². The predicted molar refractivity (Wildman–Crippen MR) is 91.2 cm³/mol. The number of benzene rings is 1. The lowest BCUT2D eigenvalue weighted by Gasteiger charge is -2.15. The highest BCUT2D eigenvalue weighted by atomic mass is 19.1. The summed E-state index contributed by atoms with van der Waals surface area (Å²) >= 11 is 0. The summed E-state index contributed by atoms with van der Waals surface area (Å²) in [6.45, 7) is 2.08. The van der Waals surface area contributed by atoms with Crippen LogP contribution >= 0.6 is 0 Å². The first kappa shape index (κ1) is 14.2. The van der Waals surface area contributed by atoms with Crippen LogP contribution < -0.4 is 5.32 Å². The molecule has 3 aromatic rings. The minimum Gasteiger partial charge on any atom is -0.367 e. The Morgan fingerprint density at radius 3 is 2.57 bits per heavy atom. The van der Waals surface area contributed by atoms with Gasteiger partial charge < -0.3 is 5.32 Å². The molecule has 3 nitrogen and oxygen atoms in total. The van der Waals surface area contributed by atoms with E-state index in [2.05, 4.69) is 28.9 Å². The fourth-order valence-corrected chi connectivity index (χ4v) is 3.36. The van der Waals surface area contributed by atoms with Gasteiger partial charge in [0.1, 0.15) is 23.0 Å². The highest BCUT2D eigenvalue weighted by Gasteiger charge is 2.20. The molecule has 1 fully saturated rings. The summed E-state index contributed by atoms with van der Waals surface area (Å²) in [6, 6.07) is 11.2. The topological polar surface area (TPSA) is 29.3 Å². The maximum absolute atomic E-state index is 13.2. The monoisotopic (exact) mass is 309 g/mol. The average molecular weight is 309 g/mol. The Balaban J connectivity index is 1.85. The molecule has 0 bridgehead atoms. The number of hydrogen-bond acceptors (Lipinski definition) is 2. The molecule has 0 saturated heterocycles. The van der Waals surface area contributed by atoms with Crippen LogP contribution in [-0.4, -0.2) is 15.4 Å². The first-order valence-electron chi connectivity index (χ1n) is 8.22. The van der Waals surface area contributed by atoms with E-state index < -0.39 is 0 Å². The number of imidazole rings is 1. The standard InChI is InChI=1S/C19H20FN3/c1-13-6-11-17-22-18(14-7-9-15(20)10-8-14)19(23(17)12-13)21-16-4-2-3-5-16/h6-12,16,21H,2-5H2,1H3. The molecular formula is C19H20FN3. The van der Waals surface area contributed by atoms with Crippen LogP contribution in [-0.2, 0) is 0 Å². The molecule has 0 radical (unpaired) electrons. The normalized spacial score (nSPS) is 15.4. The summed E-state index contributed by atoms with van der Waals surface area (Å²) in [7, 11) is 0. The van der Waals surface area contributed by atoms with Crippen molar-refractivity contribution in [3.05, 3.63) is 54.0 Å². The summed E-state index contributed by atoms with van der Waals surface area (Å²) < 4.78 is 15.4. The molecule has 1 saturated carbocycles. The SMILES string of the molecule is Cc1ccc2nc(-c3ccc(F)cc3)c(NC3CCCC3)n2c1. The molecule has 0 amide bonds. The van der Waals surface area contributed by atoms with Crippen LogP contribution in [0.4, 0.5) is 10.2 Å². The Morgan fingerprint density at radius 2 is 1.83 bits per heavy atom. The van der Waals surface area contributed by atoms with Gasteiger partial charge in [-0.2, -0.15) is 0 Å². The fourth-order valence-electron chi connectivity index (χ4n) is 3.36. The van der Waals surface area contributed by atoms with Crippen LogP contribution in [0.1, 0.15) is 31.2 Å². The minimum absolute atomic E-state index is 0.223. The van der Waals surface area contributed by atoms with E-state index in [1.165, 1.54) is 43.4 Å². The number of rotatable bonds is 3. The van der Waals surface area contributed by atoms with Crippen molar-refractivity contribution in [2.24, 2.45) is 0 Å². The van der Waals surface area contributed by atoms with Crippen LogP contribution in [0.2, 0.25) is 0 Å². The smallest absolute Gasteiger partial charge is 0.139 e. The molecular weight excluding hydrogens is 289 g/mol. The van der Waals surface area contributed by atoms with Crippen molar-refractivity contribution in [3.63, 3.8) is 0 Å². The van der Waals surface area contributed by atoms with Crippen molar-refractivity contribution in [2.45, 2.75) is 38.6 Å². The van der Waals surface area contributed by atoms with Crippen LogP contribution in [0.25, 0.3) is 16.9 Å². The summed E-state index contributed by atoms with van der Waals surface area (Å²) in [6.07, 6.45) is 7.05. The van der Waals surface area contributed by atoms with Crippen molar-refractivity contribution >= 4 is 11.5 Å². The van der Waals surface area contributed by atoms with Crippen molar-refractivity contribution in [1.29, 1.82) is 0 Å². The van der Waals surface area contributed by atoms with Gasteiger partial charge >= 0.3 is 0 Å². The van der Waals surface area contributed by atoms with E-state index in [-0.39, 0.29) is 5.82 Å². The Labute approximate surface area is 135 Å². The molecule has 1 aromatic carbocycles. The predicted octanol–water partition coefficient (Wildman–Crippen LogP) is 4.80. The third-order valence-electron chi connectivity index (χ3n) is 4.58. The van der Waals surface area contributed by atoms with E-state index in [0.29, 0.717) is 6.04 Å². The molecule has 2 heterocycles. The number of anilines is 1. The molecule has 1 aliphatic rings. The molecule has 2 aromatic heterocycles. The van der Waals surface area contributed by atoms with E-state index in [9.17, 15) is 4.39 Å². The molecule has 0 unspecified atom stereocenters. The molecule has 4 rings (SSSR count). The van der Waals surface area contributed by atoms with Crippen LogP contribution in [0.15, 0.2) is 42.6 Å². The zero-order valence-corrected chi connectivity index (χ0v) is 13.2. The molecule has 0 spiro atoms. The number of aryl methyl sites for hydroxylation is 1. The second-order valence-corrected chi connectivity index (χ2v) is 6.38. The van der Waals surface area contributed by atoms with Gasteiger partial charge in [-0.1, -0.05) is 18.9 Å². The van der Waals surface area contributed by atoms with E-state index in [1.54, 1.807) is 12.1 Å². The largest absolute Gasteiger partial charge is 0.367 e. The Hall–Kier alpha value is -2.36. The van der Waals surface area contributed by atoms with E-state index in [0.717, 1.165) is 22.7 Å². The maximum Gasteiger partial charge on any atom is 0.139 e. The molecule has 118 valence electrons. The molecule has 1 aliphatic carbocycles. The maximum atomic E-state index is 13.2. The number of hydrogen-bond donors (Lipinski definition) is 1. The second-order valence-electron chi connectivity index (χ2n) is 6.38. The lowest BCUT2D eigenvalue weighted by atomic mass is 10.1. The lowest BCUT2D eigenvalue weighted by Crippen LogP contribution is -2.16. The Kier molecular flexibility index (Phi) is 3.52. The lowest BCUT2D eigenvalue weighted by molar-refractivity contribution is 0.628. The molecule has 0 aliphatic heterocycles. The van der Waals surface area contributed by atoms with Crippen molar-refractivity contribution < 1.29 is 4.39 Å². The number of halogens is 1. The average Bonchev–Trinajstić information content (AvgIpc) is 3.17. The molecule has 0 atom stereocenters. The fraction of sp³-hybridized carbons (Fsp3) is 0.316. The van der Waals surface area contributed by atoms with Crippen molar-refractivity contribution in [2.75, 3.05) is 5.32 Å². The van der Waals surface area contributed by atoms with Crippen molar-refractivity contribution in [1.82, 2.24) is 9.38 Å². The zero-order chi connectivity index (χ0) is 15.8. The summed E-state index contributed by atoms with van der Waals surface area (Å²) in [5, 5.41) is 3.68. The van der Waals surface area contributed by atoms with Gasteiger partial charge in [0.2, 0.25) is 0 Å². The van der Waals surface area contributed by atoms with Crippen LogP contribution in [0.5, 0.6) is 0 Å². The van der Waals surface area contributed by atoms with Gasteiger partial charge in [-0.25, -0.2) is 9.37 Å². The third kappa shape index (κ3) is 2.69. The van der Waals surface area contributed by atoms with Crippen molar-refractivity contribution in [3.8, 4) is 11.3 Å². The quantitative estimate of drug-likeness (QED) is 0.753. The molecule has 23 heavy (non-hydrogen) atoms. The molecule has 1 N–H and O–H groups in total. The van der Waals surface area contributed by atoms with Gasteiger partial charge in [0.05, 0.1) is 0 Å². The summed E-state index contributed by atoms with van der Waals surface area (Å²) in [5.41, 5.74) is 3.93. The first-order chi connectivity index (χ1) is 11.2. The second kappa shape index (κ2) is 5.69. The van der Waals surface area contributed by atoms with Gasteiger partial charge in [0, 0.05) is 17.8 Å². The van der Waals surface area contributed by atoms with Crippen LogP contribution in [0.3, 0.4) is 0 Å². The minimum atomic E-state index is -0.223. The zero-order valence-electron chi connectivity index (χ0n) is 13.2. The van der Waals surface area contributed by atoms with Gasteiger partial charge in [-0.3, -0.25) is 4.40 Å².